The first-order valence-electron chi connectivity index (χ1n) is 10.5. The maximum atomic E-state index is 13.1. The van der Waals surface area contributed by atoms with E-state index >= 15 is 0 Å². The van der Waals surface area contributed by atoms with Crippen LogP contribution in [-0.2, 0) is 17.6 Å². The Kier molecular flexibility index (Phi) is 5.65. The summed E-state index contributed by atoms with van der Waals surface area (Å²) in [7, 11) is 1.72. The minimum atomic E-state index is -0.686. The first-order valence-corrected chi connectivity index (χ1v) is 10.5. The summed E-state index contributed by atoms with van der Waals surface area (Å²) in [6.07, 6.45) is 4.92. The van der Waals surface area contributed by atoms with Crippen molar-refractivity contribution in [2.45, 2.75) is 51.1 Å². The van der Waals surface area contributed by atoms with Gasteiger partial charge in [0.25, 0.3) is 5.91 Å². The van der Waals surface area contributed by atoms with E-state index in [9.17, 15) is 15.0 Å². The van der Waals surface area contributed by atoms with E-state index in [2.05, 4.69) is 26.8 Å². The van der Waals surface area contributed by atoms with E-state index in [0.29, 0.717) is 18.1 Å². The average molecular weight is 402 g/mol. The number of carbonyl (C=O) groups is 1. The largest absolute Gasteiger partial charge is 0.507 e. The smallest absolute Gasteiger partial charge is 0.257 e. The van der Waals surface area contributed by atoms with Crippen molar-refractivity contribution in [3.8, 4) is 5.75 Å². The molecule has 1 saturated heterocycles. The molecule has 0 radical (unpaired) electrons. The molecule has 2 aliphatic heterocycles. The SMILES string of the molecule is Cc1cc2c(c(O)c1C1NN=C(N[C@@H]3CCCN(CCO)C3)N(C)C1=O)CCC2. The molecular formula is C21H31N5O3. The van der Waals surface area contributed by atoms with Crippen molar-refractivity contribution in [2.75, 3.05) is 33.3 Å². The van der Waals surface area contributed by atoms with Gasteiger partial charge in [0, 0.05) is 31.7 Å². The molecule has 8 nitrogen and oxygen atoms in total. The summed E-state index contributed by atoms with van der Waals surface area (Å²) in [5.41, 5.74) is 6.70. The van der Waals surface area contributed by atoms with Crippen LogP contribution in [0.15, 0.2) is 11.2 Å². The lowest BCUT2D eigenvalue weighted by Gasteiger charge is -2.37. The molecule has 1 aliphatic carbocycles. The molecule has 0 spiro atoms. The number of hydrogen-bond acceptors (Lipinski definition) is 7. The normalized spacial score (nSPS) is 24.9. The van der Waals surface area contributed by atoms with Crippen molar-refractivity contribution < 1.29 is 15.0 Å². The quantitative estimate of drug-likeness (QED) is 0.590. The van der Waals surface area contributed by atoms with Gasteiger partial charge in [-0.1, -0.05) is 6.07 Å². The second-order valence-electron chi connectivity index (χ2n) is 8.35. The molecule has 2 heterocycles. The molecule has 1 aromatic rings. The highest BCUT2D eigenvalue weighted by molar-refractivity contribution is 6.01. The van der Waals surface area contributed by atoms with Gasteiger partial charge < -0.3 is 15.5 Å². The third-order valence-corrected chi connectivity index (χ3v) is 6.36. The van der Waals surface area contributed by atoms with Gasteiger partial charge in [0.15, 0.2) is 6.04 Å². The van der Waals surface area contributed by atoms with Gasteiger partial charge in [-0.15, -0.1) is 5.10 Å². The summed E-state index contributed by atoms with van der Waals surface area (Å²) < 4.78 is 0. The van der Waals surface area contributed by atoms with E-state index in [4.69, 9.17) is 0 Å². The maximum Gasteiger partial charge on any atom is 0.257 e. The van der Waals surface area contributed by atoms with Crippen molar-refractivity contribution in [1.29, 1.82) is 0 Å². The molecule has 1 aromatic carbocycles. The summed E-state index contributed by atoms with van der Waals surface area (Å²) in [6, 6.07) is 1.59. The van der Waals surface area contributed by atoms with E-state index in [0.717, 1.165) is 56.3 Å². The van der Waals surface area contributed by atoms with Crippen molar-refractivity contribution in [3.63, 3.8) is 0 Å². The average Bonchev–Trinajstić information content (AvgIpc) is 3.16. The number of nitrogens with one attached hydrogen (secondary N) is 2. The van der Waals surface area contributed by atoms with Crippen LogP contribution in [0.4, 0.5) is 0 Å². The van der Waals surface area contributed by atoms with E-state index in [-0.39, 0.29) is 24.3 Å². The molecule has 2 atom stereocenters. The van der Waals surface area contributed by atoms with Crippen LogP contribution in [0.2, 0.25) is 0 Å². The lowest BCUT2D eigenvalue weighted by Crippen LogP contribution is -2.57. The van der Waals surface area contributed by atoms with E-state index < -0.39 is 6.04 Å². The molecule has 4 rings (SSSR count). The Morgan fingerprint density at radius 2 is 2.17 bits per heavy atom. The third kappa shape index (κ3) is 3.79. The van der Waals surface area contributed by atoms with E-state index in [1.54, 1.807) is 7.05 Å². The fourth-order valence-electron chi connectivity index (χ4n) is 4.82. The van der Waals surface area contributed by atoms with Crippen molar-refractivity contribution in [3.05, 3.63) is 28.3 Å². The monoisotopic (exact) mass is 401 g/mol. The molecule has 1 amide bonds. The Morgan fingerprint density at radius 3 is 2.97 bits per heavy atom. The highest BCUT2D eigenvalue weighted by Crippen LogP contribution is 2.39. The maximum absolute atomic E-state index is 13.1. The fraction of sp³-hybridized carbons (Fsp3) is 0.619. The van der Waals surface area contributed by atoms with E-state index in [1.807, 2.05) is 6.92 Å². The number of rotatable bonds is 4. The van der Waals surface area contributed by atoms with Crippen molar-refractivity contribution in [2.24, 2.45) is 5.10 Å². The number of hydrogen-bond donors (Lipinski definition) is 4. The fourth-order valence-corrected chi connectivity index (χ4v) is 4.82. The third-order valence-electron chi connectivity index (χ3n) is 6.36. The number of β-amino-alcohol motifs (C(OH)–C–C–N with tert-alkyl or cyclic N) is 1. The molecule has 3 aliphatic rings. The number of nitrogens with zero attached hydrogens (tertiary/aromatic N) is 3. The first-order chi connectivity index (χ1) is 14.0. The predicted octanol–water partition coefficient (Wildman–Crippen LogP) is 0.609. The molecule has 8 heteroatoms. The van der Waals surface area contributed by atoms with Gasteiger partial charge in [-0.25, -0.2) is 0 Å². The highest BCUT2D eigenvalue weighted by atomic mass is 16.3. The zero-order valence-corrected chi connectivity index (χ0v) is 17.2. The number of fused-ring (bicyclic) bond motifs is 1. The standard InChI is InChI=1S/C21H31N5O3/c1-13-11-14-5-3-7-16(14)19(28)17(13)18-20(29)25(2)21(24-23-18)22-15-6-4-8-26(12-15)9-10-27/h11,15,18,23,27-28H,3-10,12H2,1-2H3,(H,22,24)/t15-,18?/m1/s1. The summed E-state index contributed by atoms with van der Waals surface area (Å²) in [5.74, 6) is 0.609. The number of piperidine rings is 1. The number of aliphatic hydroxyl groups is 1. The Morgan fingerprint density at radius 1 is 1.34 bits per heavy atom. The van der Waals surface area contributed by atoms with Gasteiger partial charge >= 0.3 is 0 Å². The molecule has 1 unspecified atom stereocenters. The highest BCUT2D eigenvalue weighted by Gasteiger charge is 2.36. The van der Waals surface area contributed by atoms with Gasteiger partial charge in [0.1, 0.15) is 5.75 Å². The van der Waals surface area contributed by atoms with Gasteiger partial charge in [-0.3, -0.25) is 20.0 Å². The summed E-state index contributed by atoms with van der Waals surface area (Å²) in [4.78, 5) is 16.9. The van der Waals surface area contributed by atoms with Crippen LogP contribution >= 0.6 is 0 Å². The first kappa shape index (κ1) is 20.0. The molecule has 29 heavy (non-hydrogen) atoms. The molecule has 4 N–H and O–H groups in total. The van der Waals surface area contributed by atoms with Crippen molar-refractivity contribution in [1.82, 2.24) is 20.5 Å². The second-order valence-corrected chi connectivity index (χ2v) is 8.35. The van der Waals surface area contributed by atoms with Gasteiger partial charge in [0.2, 0.25) is 5.96 Å². The zero-order chi connectivity index (χ0) is 20.5. The van der Waals surface area contributed by atoms with Crippen LogP contribution in [0, 0.1) is 6.92 Å². The van der Waals surface area contributed by atoms with Gasteiger partial charge in [0.05, 0.1) is 6.61 Å². The predicted molar refractivity (Wildman–Crippen MR) is 111 cm³/mol. The Balaban J connectivity index is 1.52. The number of guanidine groups is 1. The minimum absolute atomic E-state index is 0.137. The van der Waals surface area contributed by atoms with Crippen molar-refractivity contribution >= 4 is 11.9 Å². The Hall–Kier alpha value is -2.32. The number of likely N-dealkylation sites (tertiary alicyclic amines) is 1. The molecule has 0 bridgehead atoms. The number of phenols is 1. The van der Waals surface area contributed by atoms with Crippen LogP contribution < -0.4 is 10.7 Å². The number of phenolic OH excluding ortho intramolecular Hbond substituents is 1. The van der Waals surface area contributed by atoms with Crippen LogP contribution in [0.25, 0.3) is 0 Å². The number of hydrazone groups is 1. The molecule has 0 aromatic heterocycles. The van der Waals surface area contributed by atoms with Crippen LogP contribution in [0.1, 0.15) is 47.6 Å². The number of carbonyl (C=O) groups excluding carboxylic acids is 1. The summed E-state index contributed by atoms with van der Waals surface area (Å²) in [5, 5.41) is 27.8. The molecular weight excluding hydrogens is 370 g/mol. The topological polar surface area (TPSA) is 100 Å². The van der Waals surface area contributed by atoms with Crippen LogP contribution in [0.3, 0.4) is 0 Å². The Labute approximate surface area is 171 Å². The number of likely N-dealkylation sites (N-methyl/N-ethyl adjacent to an activating group) is 1. The molecule has 0 saturated carbocycles. The number of aliphatic hydroxyl groups excluding tert-OH is 1. The van der Waals surface area contributed by atoms with E-state index in [1.165, 1.54) is 10.5 Å². The molecule has 1 fully saturated rings. The minimum Gasteiger partial charge on any atom is -0.507 e. The number of aryl methyl sites for hydroxylation is 2. The van der Waals surface area contributed by atoms with Gasteiger partial charge in [-0.2, -0.15) is 0 Å². The lowest BCUT2D eigenvalue weighted by molar-refractivity contribution is -0.129. The van der Waals surface area contributed by atoms with Crippen LogP contribution in [-0.4, -0.2) is 71.2 Å². The lowest BCUT2D eigenvalue weighted by atomic mass is 9.93. The Bertz CT molecular complexity index is 823. The number of benzene rings is 1. The molecule has 158 valence electrons. The second kappa shape index (κ2) is 8.20. The summed E-state index contributed by atoms with van der Waals surface area (Å²) >= 11 is 0. The summed E-state index contributed by atoms with van der Waals surface area (Å²) in [6.45, 7) is 4.56. The number of amides is 1. The van der Waals surface area contributed by atoms with Crippen LogP contribution in [0.5, 0.6) is 5.75 Å². The zero-order valence-electron chi connectivity index (χ0n) is 17.2. The van der Waals surface area contributed by atoms with Gasteiger partial charge in [-0.05, 0) is 62.3 Å². The number of aromatic hydroxyl groups is 1.